The number of carboxylic acids is 1. The number of carboxylic acid groups (broad SMARTS) is 1. The summed E-state index contributed by atoms with van der Waals surface area (Å²) in [6.45, 7) is 1.36. The van der Waals surface area contributed by atoms with Gasteiger partial charge in [0.05, 0.1) is 11.7 Å². The Bertz CT molecular complexity index is 257. The zero-order valence-electron chi connectivity index (χ0n) is 7.31. The van der Waals surface area contributed by atoms with Crippen molar-refractivity contribution in [1.82, 2.24) is 4.31 Å². The maximum absolute atomic E-state index is 11.1. The second-order valence-electron chi connectivity index (χ2n) is 2.80. The van der Waals surface area contributed by atoms with E-state index in [1.165, 1.54) is 21.0 Å². The molecule has 0 radical (unpaired) electrons. The Morgan fingerprint density at radius 2 is 1.92 bits per heavy atom. The highest BCUT2D eigenvalue weighted by molar-refractivity contribution is 7.89. The fourth-order valence-electron chi connectivity index (χ4n) is 0.536. The maximum Gasteiger partial charge on any atom is 0.307 e. The van der Waals surface area contributed by atoms with E-state index in [0.717, 1.165) is 4.31 Å². The number of carbonyl (C=O) groups is 1. The van der Waals surface area contributed by atoms with E-state index in [2.05, 4.69) is 0 Å². The Kier molecular flexibility index (Phi) is 3.66. The zero-order valence-corrected chi connectivity index (χ0v) is 8.13. The van der Waals surface area contributed by atoms with Gasteiger partial charge in [-0.3, -0.25) is 4.79 Å². The van der Waals surface area contributed by atoms with Crippen molar-refractivity contribution in [2.45, 2.75) is 6.92 Å². The molecule has 0 fully saturated rings. The molecule has 1 atom stereocenters. The minimum absolute atomic E-state index is 0.352. The molecular formula is C6H13NO4S. The summed E-state index contributed by atoms with van der Waals surface area (Å²) < 4.78 is 23.2. The molecule has 5 nitrogen and oxygen atoms in total. The summed E-state index contributed by atoms with van der Waals surface area (Å²) in [7, 11) is -0.632. The second-order valence-corrected chi connectivity index (χ2v) is 5.03. The first-order valence-corrected chi connectivity index (χ1v) is 5.01. The molecule has 12 heavy (non-hydrogen) atoms. The van der Waals surface area contributed by atoms with Gasteiger partial charge in [0.1, 0.15) is 0 Å². The number of rotatable bonds is 4. The van der Waals surface area contributed by atoms with Crippen molar-refractivity contribution in [1.29, 1.82) is 0 Å². The molecule has 0 unspecified atom stereocenters. The molecule has 0 saturated carbocycles. The second kappa shape index (κ2) is 3.86. The van der Waals surface area contributed by atoms with Gasteiger partial charge in [-0.15, -0.1) is 0 Å². The van der Waals surface area contributed by atoms with E-state index < -0.39 is 21.9 Å². The topological polar surface area (TPSA) is 74.7 Å². The van der Waals surface area contributed by atoms with Gasteiger partial charge in [-0.1, -0.05) is 6.92 Å². The van der Waals surface area contributed by atoms with Gasteiger partial charge in [0.2, 0.25) is 10.0 Å². The van der Waals surface area contributed by atoms with Gasteiger partial charge in [-0.05, 0) is 0 Å². The average Bonchev–Trinajstić information content (AvgIpc) is 1.85. The van der Waals surface area contributed by atoms with Crippen LogP contribution in [0.5, 0.6) is 0 Å². The van der Waals surface area contributed by atoms with Crippen molar-refractivity contribution in [2.24, 2.45) is 5.92 Å². The van der Waals surface area contributed by atoms with Crippen LogP contribution in [0.4, 0.5) is 0 Å². The van der Waals surface area contributed by atoms with Crippen LogP contribution in [-0.2, 0) is 14.8 Å². The lowest BCUT2D eigenvalue weighted by atomic mass is 10.2. The molecule has 1 N–H and O–H groups in total. The fraction of sp³-hybridized carbons (Fsp3) is 0.833. The summed E-state index contributed by atoms with van der Waals surface area (Å²) in [5, 5.41) is 8.44. The summed E-state index contributed by atoms with van der Waals surface area (Å²) >= 11 is 0. The third-order valence-corrected chi connectivity index (χ3v) is 3.47. The van der Waals surface area contributed by atoms with Crippen LogP contribution in [-0.4, -0.2) is 43.6 Å². The van der Waals surface area contributed by atoms with Crippen LogP contribution in [0.15, 0.2) is 0 Å². The molecule has 6 heteroatoms. The molecule has 0 bridgehead atoms. The van der Waals surface area contributed by atoms with Crippen molar-refractivity contribution in [2.75, 3.05) is 19.8 Å². The minimum atomic E-state index is -3.39. The Labute approximate surface area is 72.0 Å². The number of hydrogen-bond donors (Lipinski definition) is 1. The van der Waals surface area contributed by atoms with E-state index in [1.807, 2.05) is 0 Å². The van der Waals surface area contributed by atoms with E-state index in [-0.39, 0.29) is 5.75 Å². The lowest BCUT2D eigenvalue weighted by molar-refractivity contribution is -0.140. The summed E-state index contributed by atoms with van der Waals surface area (Å²) in [5.41, 5.74) is 0. The van der Waals surface area contributed by atoms with Crippen LogP contribution >= 0.6 is 0 Å². The first kappa shape index (κ1) is 11.4. The van der Waals surface area contributed by atoms with Crippen LogP contribution in [0.3, 0.4) is 0 Å². The summed E-state index contributed by atoms with van der Waals surface area (Å²) in [5.74, 6) is -2.31. The third-order valence-electron chi connectivity index (χ3n) is 1.44. The van der Waals surface area contributed by atoms with Gasteiger partial charge in [0.25, 0.3) is 0 Å². The van der Waals surface area contributed by atoms with Gasteiger partial charge < -0.3 is 5.11 Å². The SMILES string of the molecule is C[C@H](CS(=O)(=O)N(C)C)C(=O)O. The molecule has 0 amide bonds. The molecule has 0 aromatic rings. The number of hydrogen-bond acceptors (Lipinski definition) is 3. The van der Waals surface area contributed by atoms with E-state index in [9.17, 15) is 13.2 Å². The Hall–Kier alpha value is -0.620. The van der Waals surface area contributed by atoms with Gasteiger partial charge in [0, 0.05) is 14.1 Å². The van der Waals surface area contributed by atoms with E-state index in [1.54, 1.807) is 0 Å². The molecular weight excluding hydrogens is 182 g/mol. The van der Waals surface area contributed by atoms with Crippen molar-refractivity contribution < 1.29 is 18.3 Å². The van der Waals surface area contributed by atoms with Gasteiger partial charge in [-0.25, -0.2) is 12.7 Å². The smallest absolute Gasteiger partial charge is 0.307 e. The summed E-state index contributed by atoms with van der Waals surface area (Å²) in [6.07, 6.45) is 0. The predicted molar refractivity (Wildman–Crippen MR) is 44.3 cm³/mol. The van der Waals surface area contributed by atoms with Gasteiger partial charge >= 0.3 is 5.97 Å². The molecule has 0 spiro atoms. The Morgan fingerprint density at radius 1 is 1.50 bits per heavy atom. The highest BCUT2D eigenvalue weighted by Gasteiger charge is 2.22. The van der Waals surface area contributed by atoms with Gasteiger partial charge in [0.15, 0.2) is 0 Å². The van der Waals surface area contributed by atoms with Crippen molar-refractivity contribution in [3.8, 4) is 0 Å². The normalized spacial score (nSPS) is 14.7. The van der Waals surface area contributed by atoms with Crippen LogP contribution in [0.25, 0.3) is 0 Å². The highest BCUT2D eigenvalue weighted by Crippen LogP contribution is 2.03. The number of sulfonamides is 1. The van der Waals surface area contributed by atoms with E-state index >= 15 is 0 Å². The summed E-state index contributed by atoms with van der Waals surface area (Å²) in [6, 6.07) is 0. The van der Waals surface area contributed by atoms with Crippen molar-refractivity contribution in [3.05, 3.63) is 0 Å². The molecule has 0 aliphatic carbocycles. The quantitative estimate of drug-likeness (QED) is 0.662. The van der Waals surface area contributed by atoms with Crippen molar-refractivity contribution in [3.63, 3.8) is 0 Å². The van der Waals surface area contributed by atoms with Crippen LogP contribution < -0.4 is 0 Å². The molecule has 0 rings (SSSR count). The lowest BCUT2D eigenvalue weighted by Crippen LogP contribution is -2.30. The van der Waals surface area contributed by atoms with Crippen LogP contribution in [0, 0.1) is 5.92 Å². The molecule has 0 aromatic heterocycles. The largest absolute Gasteiger partial charge is 0.481 e. The molecule has 0 saturated heterocycles. The molecule has 0 aromatic carbocycles. The number of aliphatic carboxylic acids is 1. The molecule has 0 aliphatic rings. The lowest BCUT2D eigenvalue weighted by Gasteiger charge is -2.12. The molecule has 72 valence electrons. The van der Waals surface area contributed by atoms with Crippen molar-refractivity contribution >= 4 is 16.0 Å². The van der Waals surface area contributed by atoms with Crippen LogP contribution in [0.2, 0.25) is 0 Å². The van der Waals surface area contributed by atoms with E-state index in [4.69, 9.17) is 5.11 Å². The first-order chi connectivity index (χ1) is 5.27. The van der Waals surface area contributed by atoms with Gasteiger partial charge in [-0.2, -0.15) is 0 Å². The Morgan fingerprint density at radius 3 is 2.17 bits per heavy atom. The first-order valence-electron chi connectivity index (χ1n) is 3.40. The van der Waals surface area contributed by atoms with Crippen LogP contribution in [0.1, 0.15) is 6.92 Å². The monoisotopic (exact) mass is 195 g/mol. The standard InChI is InChI=1S/C6H13NO4S/c1-5(6(8)9)4-12(10,11)7(2)3/h5H,4H2,1-3H3,(H,8,9)/t5-/m1/s1. The predicted octanol–water partition coefficient (Wildman–Crippen LogP) is -0.402. The molecule has 0 aliphatic heterocycles. The van der Waals surface area contributed by atoms with E-state index in [0.29, 0.717) is 0 Å². The average molecular weight is 195 g/mol. The molecule has 0 heterocycles. The Balaban J connectivity index is 4.37. The third kappa shape index (κ3) is 3.19. The zero-order chi connectivity index (χ0) is 9.94. The fourth-order valence-corrected chi connectivity index (χ4v) is 1.61. The maximum atomic E-state index is 11.1. The summed E-state index contributed by atoms with van der Waals surface area (Å²) in [4.78, 5) is 10.3. The minimum Gasteiger partial charge on any atom is -0.481 e. The highest BCUT2D eigenvalue weighted by atomic mass is 32.2. The number of nitrogens with zero attached hydrogens (tertiary/aromatic N) is 1.